The molecule has 1 fully saturated rings. The molecule has 0 spiro atoms. The second-order valence-corrected chi connectivity index (χ2v) is 7.04. The number of aliphatic imine (C=N–C) groups is 1. The third-order valence-corrected chi connectivity index (χ3v) is 4.96. The van der Waals surface area contributed by atoms with Gasteiger partial charge in [0.05, 0.1) is 6.54 Å². The first-order chi connectivity index (χ1) is 11.7. The molecular formula is C17H22FN5S. The maximum Gasteiger partial charge on any atom is 0.194 e. The number of nitrogens with zero attached hydrogens (tertiary/aromatic N) is 4. The standard InChI is InChI=1S/C17H22FN5S/c1-13-11-20-16(24-13)12-21-17(19-2)23-9-7-22(8-10-23)15-5-3-14(18)4-6-15/h3-6,11H,7-10,12H2,1-2H3,(H,19,21). The topological polar surface area (TPSA) is 43.8 Å². The van der Waals surface area contributed by atoms with Crippen molar-refractivity contribution in [2.24, 2.45) is 4.99 Å². The normalized spacial score (nSPS) is 15.7. The Balaban J connectivity index is 1.53. The molecule has 0 radical (unpaired) electrons. The predicted octanol–water partition coefficient (Wildman–Crippen LogP) is 2.49. The van der Waals surface area contributed by atoms with E-state index in [2.05, 4.69) is 32.0 Å². The van der Waals surface area contributed by atoms with Crippen LogP contribution in [0.4, 0.5) is 10.1 Å². The number of thiazole rings is 1. The first-order valence-electron chi connectivity index (χ1n) is 8.03. The van der Waals surface area contributed by atoms with E-state index in [1.54, 1.807) is 11.3 Å². The average Bonchev–Trinajstić information content (AvgIpc) is 3.02. The van der Waals surface area contributed by atoms with E-state index in [9.17, 15) is 4.39 Å². The first kappa shape index (κ1) is 16.7. The van der Waals surface area contributed by atoms with Crippen molar-refractivity contribution < 1.29 is 4.39 Å². The summed E-state index contributed by atoms with van der Waals surface area (Å²) in [5.41, 5.74) is 1.07. The Hall–Kier alpha value is -2.15. The van der Waals surface area contributed by atoms with E-state index in [1.165, 1.54) is 17.0 Å². The summed E-state index contributed by atoms with van der Waals surface area (Å²) in [6, 6.07) is 6.70. The highest BCUT2D eigenvalue weighted by Crippen LogP contribution is 2.17. The first-order valence-corrected chi connectivity index (χ1v) is 8.85. The molecule has 0 atom stereocenters. The van der Waals surface area contributed by atoms with Gasteiger partial charge in [0, 0.05) is 50.0 Å². The van der Waals surface area contributed by atoms with Crippen LogP contribution in [-0.4, -0.2) is 49.1 Å². The molecule has 1 N–H and O–H groups in total. The van der Waals surface area contributed by atoms with Gasteiger partial charge in [-0.1, -0.05) is 0 Å². The number of halogens is 1. The van der Waals surface area contributed by atoms with E-state index in [1.807, 2.05) is 25.4 Å². The molecule has 24 heavy (non-hydrogen) atoms. The zero-order valence-corrected chi connectivity index (χ0v) is 14.8. The summed E-state index contributed by atoms with van der Waals surface area (Å²) in [6.45, 7) is 6.31. The monoisotopic (exact) mass is 347 g/mol. The van der Waals surface area contributed by atoms with Gasteiger partial charge in [0.25, 0.3) is 0 Å². The zero-order valence-electron chi connectivity index (χ0n) is 14.0. The SMILES string of the molecule is CN=C(NCc1ncc(C)s1)N1CCN(c2ccc(F)cc2)CC1. The van der Waals surface area contributed by atoms with Gasteiger partial charge in [-0.05, 0) is 31.2 Å². The van der Waals surface area contributed by atoms with Crippen molar-refractivity contribution in [2.75, 3.05) is 38.1 Å². The van der Waals surface area contributed by atoms with Gasteiger partial charge in [0.2, 0.25) is 0 Å². The molecule has 1 aromatic heterocycles. The molecule has 0 bridgehead atoms. The number of hydrogen-bond donors (Lipinski definition) is 1. The zero-order chi connectivity index (χ0) is 16.9. The number of guanidine groups is 1. The van der Waals surface area contributed by atoms with Crippen molar-refractivity contribution in [3.05, 3.63) is 46.2 Å². The molecular weight excluding hydrogens is 325 g/mol. The molecule has 0 saturated carbocycles. The molecule has 0 unspecified atom stereocenters. The van der Waals surface area contributed by atoms with Gasteiger partial charge in [0.1, 0.15) is 10.8 Å². The number of nitrogens with one attached hydrogen (secondary N) is 1. The van der Waals surface area contributed by atoms with E-state index >= 15 is 0 Å². The van der Waals surface area contributed by atoms with E-state index in [0.29, 0.717) is 6.54 Å². The fourth-order valence-corrected chi connectivity index (χ4v) is 3.53. The summed E-state index contributed by atoms with van der Waals surface area (Å²) in [6.07, 6.45) is 1.89. The van der Waals surface area contributed by atoms with E-state index in [-0.39, 0.29) is 5.82 Å². The van der Waals surface area contributed by atoms with Gasteiger partial charge >= 0.3 is 0 Å². The quantitative estimate of drug-likeness (QED) is 0.684. The largest absolute Gasteiger partial charge is 0.368 e. The number of piperazine rings is 1. The van der Waals surface area contributed by atoms with Crippen molar-refractivity contribution in [3.8, 4) is 0 Å². The number of hydrogen-bond acceptors (Lipinski definition) is 4. The Kier molecular flexibility index (Phi) is 5.30. The van der Waals surface area contributed by atoms with Crippen LogP contribution in [0.15, 0.2) is 35.5 Å². The summed E-state index contributed by atoms with van der Waals surface area (Å²) in [4.78, 5) is 14.5. The third-order valence-electron chi connectivity index (χ3n) is 4.05. The van der Waals surface area contributed by atoms with Crippen molar-refractivity contribution in [1.82, 2.24) is 15.2 Å². The second kappa shape index (κ2) is 7.61. The summed E-state index contributed by atoms with van der Waals surface area (Å²) in [5, 5.41) is 4.45. The minimum Gasteiger partial charge on any atom is -0.368 e. The minimum absolute atomic E-state index is 0.195. The van der Waals surface area contributed by atoms with Crippen molar-refractivity contribution in [3.63, 3.8) is 0 Å². The lowest BCUT2D eigenvalue weighted by atomic mass is 10.2. The van der Waals surface area contributed by atoms with Crippen LogP contribution in [0.5, 0.6) is 0 Å². The molecule has 2 aromatic rings. The summed E-state index contributed by atoms with van der Waals surface area (Å²) < 4.78 is 13.0. The molecule has 1 saturated heterocycles. The van der Waals surface area contributed by atoms with Crippen molar-refractivity contribution in [1.29, 1.82) is 0 Å². The molecule has 2 heterocycles. The Morgan fingerprint density at radius 3 is 2.54 bits per heavy atom. The van der Waals surface area contributed by atoms with Crippen LogP contribution in [0, 0.1) is 12.7 Å². The molecule has 0 amide bonds. The summed E-state index contributed by atoms with van der Waals surface area (Å²) in [5.74, 6) is 0.709. The van der Waals surface area contributed by atoms with Crippen LogP contribution < -0.4 is 10.2 Å². The Bertz CT molecular complexity index is 689. The van der Waals surface area contributed by atoms with Crippen LogP contribution in [0.25, 0.3) is 0 Å². The Morgan fingerprint density at radius 2 is 1.96 bits per heavy atom. The van der Waals surface area contributed by atoms with Crippen LogP contribution in [-0.2, 0) is 6.54 Å². The van der Waals surface area contributed by atoms with Crippen LogP contribution in [0.1, 0.15) is 9.88 Å². The maximum absolute atomic E-state index is 13.0. The van der Waals surface area contributed by atoms with Gasteiger partial charge in [0.15, 0.2) is 5.96 Å². The van der Waals surface area contributed by atoms with Gasteiger partial charge in [-0.3, -0.25) is 4.99 Å². The fraction of sp³-hybridized carbons (Fsp3) is 0.412. The number of aromatic nitrogens is 1. The van der Waals surface area contributed by atoms with Crippen molar-refractivity contribution in [2.45, 2.75) is 13.5 Å². The summed E-state index contributed by atoms with van der Waals surface area (Å²) >= 11 is 1.70. The highest BCUT2D eigenvalue weighted by Gasteiger charge is 2.20. The van der Waals surface area contributed by atoms with Gasteiger partial charge in [-0.25, -0.2) is 9.37 Å². The third kappa shape index (κ3) is 4.03. The van der Waals surface area contributed by atoms with Crippen molar-refractivity contribution >= 4 is 23.0 Å². The number of benzene rings is 1. The van der Waals surface area contributed by atoms with E-state index in [0.717, 1.165) is 42.8 Å². The Morgan fingerprint density at radius 1 is 1.25 bits per heavy atom. The van der Waals surface area contributed by atoms with Gasteiger partial charge < -0.3 is 15.1 Å². The second-order valence-electron chi connectivity index (χ2n) is 5.72. The molecule has 1 aromatic carbocycles. The smallest absolute Gasteiger partial charge is 0.194 e. The number of aryl methyl sites for hydroxylation is 1. The highest BCUT2D eigenvalue weighted by atomic mass is 32.1. The Labute approximate surface area is 145 Å². The van der Waals surface area contributed by atoms with Crippen LogP contribution in [0.3, 0.4) is 0 Å². The van der Waals surface area contributed by atoms with Crippen LogP contribution >= 0.6 is 11.3 Å². The lowest BCUT2D eigenvalue weighted by Crippen LogP contribution is -2.52. The summed E-state index contributed by atoms with van der Waals surface area (Å²) in [7, 11) is 1.81. The molecule has 0 aliphatic carbocycles. The molecule has 1 aliphatic heterocycles. The number of anilines is 1. The molecule has 128 valence electrons. The number of rotatable bonds is 3. The molecule has 5 nitrogen and oxygen atoms in total. The van der Waals surface area contributed by atoms with Gasteiger partial charge in [-0.2, -0.15) is 0 Å². The van der Waals surface area contributed by atoms with Gasteiger partial charge in [-0.15, -0.1) is 11.3 Å². The maximum atomic E-state index is 13.0. The lowest BCUT2D eigenvalue weighted by molar-refractivity contribution is 0.372. The minimum atomic E-state index is -0.195. The van der Waals surface area contributed by atoms with Crippen LogP contribution in [0.2, 0.25) is 0 Å². The highest BCUT2D eigenvalue weighted by molar-refractivity contribution is 7.11. The fourth-order valence-electron chi connectivity index (χ4n) is 2.80. The molecule has 7 heteroatoms. The molecule has 1 aliphatic rings. The predicted molar refractivity (Wildman–Crippen MR) is 97.2 cm³/mol. The van der Waals surface area contributed by atoms with E-state index in [4.69, 9.17) is 0 Å². The van der Waals surface area contributed by atoms with E-state index < -0.39 is 0 Å². The average molecular weight is 347 g/mol. The molecule has 3 rings (SSSR count). The lowest BCUT2D eigenvalue weighted by Gasteiger charge is -2.37.